The highest BCUT2D eigenvalue weighted by Crippen LogP contribution is 2.13. The SMILES string of the molecule is CCC(C)C(C)Nc1cnn(C)c1. The van der Waals surface area contributed by atoms with Gasteiger partial charge in [0.2, 0.25) is 0 Å². The molecule has 0 bridgehead atoms. The van der Waals surface area contributed by atoms with E-state index in [1.807, 2.05) is 24.1 Å². The number of hydrogen-bond acceptors (Lipinski definition) is 2. The summed E-state index contributed by atoms with van der Waals surface area (Å²) < 4.78 is 1.81. The van der Waals surface area contributed by atoms with Crippen LogP contribution in [-0.2, 0) is 7.05 Å². The van der Waals surface area contributed by atoms with Gasteiger partial charge in [0.1, 0.15) is 0 Å². The van der Waals surface area contributed by atoms with Crippen molar-refractivity contribution in [2.45, 2.75) is 33.2 Å². The van der Waals surface area contributed by atoms with Gasteiger partial charge in [0.05, 0.1) is 11.9 Å². The number of anilines is 1. The lowest BCUT2D eigenvalue weighted by molar-refractivity contribution is 0.494. The summed E-state index contributed by atoms with van der Waals surface area (Å²) in [7, 11) is 1.93. The zero-order valence-electron chi connectivity index (χ0n) is 8.91. The van der Waals surface area contributed by atoms with Crippen LogP contribution in [0.5, 0.6) is 0 Å². The van der Waals surface area contributed by atoms with Crippen LogP contribution in [0.2, 0.25) is 0 Å². The molecule has 0 aromatic carbocycles. The van der Waals surface area contributed by atoms with Gasteiger partial charge in [-0.05, 0) is 12.8 Å². The van der Waals surface area contributed by atoms with Crippen molar-refractivity contribution in [1.29, 1.82) is 0 Å². The van der Waals surface area contributed by atoms with Crippen LogP contribution < -0.4 is 5.32 Å². The molecule has 0 radical (unpaired) electrons. The van der Waals surface area contributed by atoms with Crippen LogP contribution in [0.4, 0.5) is 5.69 Å². The molecule has 1 heterocycles. The fourth-order valence-corrected chi connectivity index (χ4v) is 1.25. The highest BCUT2D eigenvalue weighted by Gasteiger charge is 2.09. The Hall–Kier alpha value is -0.990. The molecule has 13 heavy (non-hydrogen) atoms. The van der Waals surface area contributed by atoms with Gasteiger partial charge in [0, 0.05) is 19.3 Å². The van der Waals surface area contributed by atoms with E-state index >= 15 is 0 Å². The second kappa shape index (κ2) is 4.30. The van der Waals surface area contributed by atoms with Gasteiger partial charge in [0.25, 0.3) is 0 Å². The van der Waals surface area contributed by atoms with Gasteiger partial charge in [0.15, 0.2) is 0 Å². The minimum absolute atomic E-state index is 0.509. The minimum atomic E-state index is 0.509. The molecule has 0 aliphatic rings. The lowest BCUT2D eigenvalue weighted by atomic mass is 10.0. The van der Waals surface area contributed by atoms with Gasteiger partial charge in [-0.2, -0.15) is 5.10 Å². The summed E-state index contributed by atoms with van der Waals surface area (Å²) in [6.07, 6.45) is 5.06. The standard InChI is InChI=1S/C10H19N3/c1-5-8(2)9(3)12-10-6-11-13(4)7-10/h6-9,12H,5H2,1-4H3. The van der Waals surface area contributed by atoms with E-state index in [0.717, 1.165) is 5.69 Å². The van der Waals surface area contributed by atoms with E-state index in [0.29, 0.717) is 12.0 Å². The highest BCUT2D eigenvalue weighted by molar-refractivity contribution is 5.39. The zero-order valence-corrected chi connectivity index (χ0v) is 8.91. The van der Waals surface area contributed by atoms with Gasteiger partial charge in [-0.3, -0.25) is 4.68 Å². The summed E-state index contributed by atoms with van der Waals surface area (Å²) in [5.41, 5.74) is 1.11. The maximum Gasteiger partial charge on any atom is 0.0728 e. The summed E-state index contributed by atoms with van der Waals surface area (Å²) in [5, 5.41) is 7.54. The number of rotatable bonds is 4. The molecule has 1 aromatic rings. The van der Waals surface area contributed by atoms with E-state index in [2.05, 4.69) is 31.2 Å². The molecule has 1 aromatic heterocycles. The van der Waals surface area contributed by atoms with E-state index in [-0.39, 0.29) is 0 Å². The number of nitrogens with zero attached hydrogens (tertiary/aromatic N) is 2. The van der Waals surface area contributed by atoms with E-state index in [9.17, 15) is 0 Å². The maximum absolute atomic E-state index is 4.11. The second-order valence-electron chi connectivity index (χ2n) is 3.72. The fraction of sp³-hybridized carbons (Fsp3) is 0.700. The van der Waals surface area contributed by atoms with Gasteiger partial charge in [-0.15, -0.1) is 0 Å². The smallest absolute Gasteiger partial charge is 0.0728 e. The Morgan fingerprint density at radius 3 is 2.69 bits per heavy atom. The van der Waals surface area contributed by atoms with Crippen LogP contribution in [0.1, 0.15) is 27.2 Å². The molecule has 0 aliphatic heterocycles. The maximum atomic E-state index is 4.11. The van der Waals surface area contributed by atoms with E-state index in [1.165, 1.54) is 6.42 Å². The van der Waals surface area contributed by atoms with Gasteiger partial charge < -0.3 is 5.32 Å². The molecule has 0 saturated heterocycles. The van der Waals surface area contributed by atoms with Crippen molar-refractivity contribution >= 4 is 5.69 Å². The zero-order chi connectivity index (χ0) is 9.84. The minimum Gasteiger partial charge on any atom is -0.380 e. The average Bonchev–Trinajstić information content (AvgIpc) is 2.49. The first-order valence-electron chi connectivity index (χ1n) is 4.88. The van der Waals surface area contributed by atoms with Crippen LogP contribution in [0.25, 0.3) is 0 Å². The van der Waals surface area contributed by atoms with Crippen LogP contribution >= 0.6 is 0 Å². The first-order valence-corrected chi connectivity index (χ1v) is 4.88. The van der Waals surface area contributed by atoms with E-state index in [1.54, 1.807) is 0 Å². The Bertz CT molecular complexity index is 254. The third-order valence-corrected chi connectivity index (χ3v) is 2.60. The van der Waals surface area contributed by atoms with Crippen molar-refractivity contribution in [3.8, 4) is 0 Å². The molecule has 0 spiro atoms. The summed E-state index contributed by atoms with van der Waals surface area (Å²) in [4.78, 5) is 0. The molecule has 74 valence electrons. The molecule has 0 saturated carbocycles. The Labute approximate surface area is 80.1 Å². The third kappa shape index (κ3) is 2.76. The lowest BCUT2D eigenvalue weighted by Crippen LogP contribution is -2.22. The second-order valence-corrected chi connectivity index (χ2v) is 3.72. The molecule has 1 rings (SSSR count). The van der Waals surface area contributed by atoms with Gasteiger partial charge in [-0.1, -0.05) is 20.3 Å². The molecule has 2 atom stereocenters. The number of hydrogen-bond donors (Lipinski definition) is 1. The van der Waals surface area contributed by atoms with Crippen molar-refractivity contribution in [2.75, 3.05) is 5.32 Å². The molecule has 1 N–H and O–H groups in total. The Balaban J connectivity index is 2.49. The van der Waals surface area contributed by atoms with Crippen LogP contribution in [0.15, 0.2) is 12.4 Å². The Kier molecular flexibility index (Phi) is 3.34. The lowest BCUT2D eigenvalue weighted by Gasteiger charge is -2.19. The van der Waals surface area contributed by atoms with Gasteiger partial charge >= 0.3 is 0 Å². The van der Waals surface area contributed by atoms with Crippen molar-refractivity contribution in [2.24, 2.45) is 13.0 Å². The predicted octanol–water partition coefficient (Wildman–Crippen LogP) is 2.27. The van der Waals surface area contributed by atoms with Crippen molar-refractivity contribution in [3.05, 3.63) is 12.4 Å². The largest absolute Gasteiger partial charge is 0.380 e. The van der Waals surface area contributed by atoms with Gasteiger partial charge in [-0.25, -0.2) is 0 Å². The normalized spacial score (nSPS) is 15.4. The van der Waals surface area contributed by atoms with Crippen molar-refractivity contribution in [1.82, 2.24) is 9.78 Å². The molecule has 0 fully saturated rings. The molecule has 0 aliphatic carbocycles. The van der Waals surface area contributed by atoms with Crippen LogP contribution in [0, 0.1) is 5.92 Å². The Morgan fingerprint density at radius 1 is 1.54 bits per heavy atom. The fourth-order valence-electron chi connectivity index (χ4n) is 1.25. The van der Waals surface area contributed by atoms with Crippen LogP contribution in [-0.4, -0.2) is 15.8 Å². The van der Waals surface area contributed by atoms with Crippen molar-refractivity contribution in [3.63, 3.8) is 0 Å². The summed E-state index contributed by atoms with van der Waals surface area (Å²) in [5.74, 6) is 0.695. The summed E-state index contributed by atoms with van der Waals surface area (Å²) >= 11 is 0. The monoisotopic (exact) mass is 181 g/mol. The third-order valence-electron chi connectivity index (χ3n) is 2.60. The number of aromatic nitrogens is 2. The summed E-state index contributed by atoms with van der Waals surface area (Å²) in [6.45, 7) is 6.68. The first kappa shape index (κ1) is 10.1. The Morgan fingerprint density at radius 2 is 2.23 bits per heavy atom. The molecular formula is C10H19N3. The average molecular weight is 181 g/mol. The quantitative estimate of drug-likeness (QED) is 0.772. The molecular weight excluding hydrogens is 162 g/mol. The predicted molar refractivity (Wildman–Crippen MR) is 55.7 cm³/mol. The van der Waals surface area contributed by atoms with Crippen molar-refractivity contribution < 1.29 is 0 Å². The summed E-state index contributed by atoms with van der Waals surface area (Å²) in [6, 6.07) is 0.509. The van der Waals surface area contributed by atoms with E-state index in [4.69, 9.17) is 0 Å². The molecule has 2 unspecified atom stereocenters. The highest BCUT2D eigenvalue weighted by atomic mass is 15.3. The number of nitrogens with one attached hydrogen (secondary N) is 1. The van der Waals surface area contributed by atoms with E-state index < -0.39 is 0 Å². The molecule has 0 amide bonds. The number of aryl methyl sites for hydroxylation is 1. The topological polar surface area (TPSA) is 29.9 Å². The molecule has 3 nitrogen and oxygen atoms in total. The van der Waals surface area contributed by atoms with Crippen LogP contribution in [0.3, 0.4) is 0 Å². The first-order chi connectivity index (χ1) is 6.13. The molecule has 3 heteroatoms.